The van der Waals surface area contributed by atoms with Gasteiger partial charge in [-0.1, -0.05) is 0 Å². The summed E-state index contributed by atoms with van der Waals surface area (Å²) in [6.45, 7) is 3.81. The highest BCUT2D eigenvalue weighted by atomic mass is 16.6. The normalized spacial score (nSPS) is 31.4. The van der Waals surface area contributed by atoms with Gasteiger partial charge in [-0.05, 0) is 6.07 Å². The van der Waals surface area contributed by atoms with E-state index in [1.54, 1.807) is 26.5 Å². The third-order valence-electron chi connectivity index (χ3n) is 4.50. The first-order valence-electron chi connectivity index (χ1n) is 8.00. The van der Waals surface area contributed by atoms with Crippen molar-refractivity contribution in [3.05, 3.63) is 22.7 Å². The Labute approximate surface area is 140 Å². The number of morpholine rings is 1. The fraction of sp³-hybridized carbons (Fsp3) is 0.733. The number of aromatic nitrogens is 2. The number of rotatable bonds is 5. The average Bonchev–Trinajstić information content (AvgIpc) is 2.92. The molecule has 1 aromatic rings. The smallest absolute Gasteiger partial charge is 0.351 e. The van der Waals surface area contributed by atoms with Crippen molar-refractivity contribution in [1.82, 2.24) is 14.5 Å². The summed E-state index contributed by atoms with van der Waals surface area (Å²) in [4.78, 5) is 18.2. The zero-order valence-corrected chi connectivity index (χ0v) is 14.0. The lowest BCUT2D eigenvalue weighted by atomic mass is 10.1. The molecule has 0 bridgehead atoms. The third kappa shape index (κ3) is 3.45. The van der Waals surface area contributed by atoms with Crippen LogP contribution >= 0.6 is 0 Å². The zero-order chi connectivity index (χ0) is 17.1. The lowest BCUT2D eigenvalue weighted by molar-refractivity contribution is -0.0641. The van der Waals surface area contributed by atoms with Gasteiger partial charge in [-0.2, -0.15) is 4.98 Å². The van der Waals surface area contributed by atoms with Gasteiger partial charge in [0.25, 0.3) is 0 Å². The maximum absolute atomic E-state index is 12.1. The van der Waals surface area contributed by atoms with Crippen molar-refractivity contribution in [2.75, 3.05) is 52.8 Å². The third-order valence-corrected chi connectivity index (χ3v) is 4.50. The van der Waals surface area contributed by atoms with Gasteiger partial charge in [0, 0.05) is 40.1 Å². The summed E-state index contributed by atoms with van der Waals surface area (Å²) in [5.74, 6) is 0.177. The summed E-state index contributed by atoms with van der Waals surface area (Å²) in [5.41, 5.74) is 5.09. The predicted molar refractivity (Wildman–Crippen MR) is 85.7 cm³/mol. The van der Waals surface area contributed by atoms with Gasteiger partial charge in [0.15, 0.2) is 6.23 Å². The molecule has 4 atom stereocenters. The molecule has 0 spiro atoms. The molecule has 2 saturated heterocycles. The molecule has 0 radical (unpaired) electrons. The summed E-state index contributed by atoms with van der Waals surface area (Å²) >= 11 is 0. The van der Waals surface area contributed by atoms with Crippen LogP contribution in [0.3, 0.4) is 0 Å². The number of methoxy groups -OCH3 is 2. The minimum absolute atomic E-state index is 0.177. The van der Waals surface area contributed by atoms with Crippen LogP contribution in [0.25, 0.3) is 0 Å². The molecule has 0 amide bonds. The highest BCUT2D eigenvalue weighted by Crippen LogP contribution is 2.32. The first-order chi connectivity index (χ1) is 11.6. The maximum atomic E-state index is 12.1. The van der Waals surface area contributed by atoms with Crippen LogP contribution in [0.5, 0.6) is 0 Å². The Morgan fingerprint density at radius 1 is 1.29 bits per heavy atom. The van der Waals surface area contributed by atoms with Gasteiger partial charge >= 0.3 is 5.69 Å². The second-order valence-electron chi connectivity index (χ2n) is 5.92. The minimum atomic E-state index is -0.605. The molecular weight excluding hydrogens is 316 g/mol. The second-order valence-corrected chi connectivity index (χ2v) is 5.92. The quantitative estimate of drug-likeness (QED) is 0.735. The van der Waals surface area contributed by atoms with Crippen molar-refractivity contribution in [2.45, 2.75) is 24.5 Å². The summed E-state index contributed by atoms with van der Waals surface area (Å²) in [6, 6.07) is 1.56. The lowest BCUT2D eigenvalue weighted by Crippen LogP contribution is -2.45. The monoisotopic (exact) mass is 340 g/mol. The molecule has 2 aliphatic heterocycles. The topological polar surface area (TPSA) is 101 Å². The van der Waals surface area contributed by atoms with Crippen LogP contribution in [0.15, 0.2) is 17.1 Å². The van der Waals surface area contributed by atoms with Gasteiger partial charge in [0.1, 0.15) is 24.1 Å². The summed E-state index contributed by atoms with van der Waals surface area (Å²) in [5, 5.41) is 0. The predicted octanol–water partition coefficient (Wildman–Crippen LogP) is -0.915. The largest absolute Gasteiger partial charge is 0.383 e. The molecule has 0 saturated carbocycles. The Bertz CT molecular complexity index is 604. The number of hydrogen-bond donors (Lipinski definition) is 1. The highest BCUT2D eigenvalue weighted by Gasteiger charge is 2.47. The molecule has 24 heavy (non-hydrogen) atoms. The Balaban J connectivity index is 1.80. The Morgan fingerprint density at radius 2 is 2.00 bits per heavy atom. The number of nitrogens with zero attached hydrogens (tertiary/aromatic N) is 3. The maximum Gasteiger partial charge on any atom is 0.351 e. The summed E-state index contributed by atoms with van der Waals surface area (Å²) in [7, 11) is 3.21. The highest BCUT2D eigenvalue weighted by molar-refractivity contribution is 5.23. The Hall–Kier alpha value is -1.52. The molecule has 2 aliphatic rings. The van der Waals surface area contributed by atoms with E-state index < -0.39 is 18.0 Å². The number of hydrogen-bond acceptors (Lipinski definition) is 8. The second kappa shape index (κ2) is 7.58. The number of nitrogens with two attached hydrogens (primary N) is 1. The van der Waals surface area contributed by atoms with E-state index in [4.69, 9.17) is 24.7 Å². The molecule has 3 heterocycles. The minimum Gasteiger partial charge on any atom is -0.383 e. The fourth-order valence-corrected chi connectivity index (χ4v) is 3.27. The van der Waals surface area contributed by atoms with Crippen molar-refractivity contribution >= 4 is 5.82 Å². The molecule has 0 aliphatic carbocycles. The van der Waals surface area contributed by atoms with Crippen LogP contribution in [0.1, 0.15) is 6.23 Å². The average molecular weight is 340 g/mol. The molecular formula is C15H24N4O5. The zero-order valence-electron chi connectivity index (χ0n) is 14.0. The van der Waals surface area contributed by atoms with Crippen molar-refractivity contribution in [3.63, 3.8) is 0 Å². The molecule has 3 rings (SSSR count). The Morgan fingerprint density at radius 3 is 2.62 bits per heavy atom. The molecule has 1 unspecified atom stereocenters. The van der Waals surface area contributed by atoms with E-state index >= 15 is 0 Å². The van der Waals surface area contributed by atoms with Crippen molar-refractivity contribution in [3.8, 4) is 0 Å². The number of nitrogen functional groups attached to an aromatic ring is 1. The van der Waals surface area contributed by atoms with Crippen LogP contribution in [0.2, 0.25) is 0 Å². The van der Waals surface area contributed by atoms with Crippen molar-refractivity contribution < 1.29 is 18.9 Å². The molecule has 134 valence electrons. The number of ether oxygens (including phenoxy) is 4. The van der Waals surface area contributed by atoms with Gasteiger partial charge < -0.3 is 24.7 Å². The van der Waals surface area contributed by atoms with E-state index in [1.807, 2.05) is 0 Å². The molecule has 1 aromatic heterocycles. The van der Waals surface area contributed by atoms with E-state index in [2.05, 4.69) is 9.88 Å². The van der Waals surface area contributed by atoms with E-state index in [0.717, 1.165) is 13.1 Å². The molecule has 2 N–H and O–H groups in total. The van der Waals surface area contributed by atoms with E-state index in [-0.39, 0.29) is 18.0 Å². The SMILES string of the molecule is COC1[C@@H](CN2CCOCC2)O[C@@H](n2ccc(N)nc2=O)[C@H]1OC. The van der Waals surface area contributed by atoms with Crippen LogP contribution in [0, 0.1) is 0 Å². The van der Waals surface area contributed by atoms with Gasteiger partial charge in [-0.25, -0.2) is 4.79 Å². The first-order valence-corrected chi connectivity index (χ1v) is 8.00. The van der Waals surface area contributed by atoms with Crippen LogP contribution in [-0.4, -0.2) is 79.8 Å². The van der Waals surface area contributed by atoms with E-state index in [1.165, 1.54) is 4.57 Å². The molecule has 2 fully saturated rings. The van der Waals surface area contributed by atoms with E-state index in [0.29, 0.717) is 19.8 Å². The van der Waals surface area contributed by atoms with Crippen LogP contribution in [-0.2, 0) is 18.9 Å². The van der Waals surface area contributed by atoms with Gasteiger partial charge in [-0.15, -0.1) is 0 Å². The van der Waals surface area contributed by atoms with E-state index in [9.17, 15) is 4.79 Å². The number of anilines is 1. The summed E-state index contributed by atoms with van der Waals surface area (Å²) < 4.78 is 24.1. The van der Waals surface area contributed by atoms with Gasteiger partial charge in [0.2, 0.25) is 0 Å². The lowest BCUT2D eigenvalue weighted by Gasteiger charge is -2.30. The van der Waals surface area contributed by atoms with Gasteiger partial charge in [-0.3, -0.25) is 9.47 Å². The van der Waals surface area contributed by atoms with Crippen LogP contribution in [0.4, 0.5) is 5.82 Å². The van der Waals surface area contributed by atoms with Gasteiger partial charge in [0.05, 0.1) is 13.2 Å². The van der Waals surface area contributed by atoms with Crippen LogP contribution < -0.4 is 11.4 Å². The molecule has 9 heteroatoms. The molecule has 9 nitrogen and oxygen atoms in total. The Kier molecular flexibility index (Phi) is 5.47. The first kappa shape index (κ1) is 17.3. The van der Waals surface area contributed by atoms with Crippen molar-refractivity contribution in [1.29, 1.82) is 0 Å². The molecule has 0 aromatic carbocycles. The van der Waals surface area contributed by atoms with Crippen molar-refractivity contribution in [2.24, 2.45) is 0 Å². The summed E-state index contributed by atoms with van der Waals surface area (Å²) in [6.07, 6.45) is 0.0566. The standard InChI is InChI=1S/C15H24N4O5/c1-21-12-10(9-18-5-7-23-8-6-18)24-14(13(12)22-2)19-4-3-11(16)17-15(19)20/h3-4,10,12-14H,5-9H2,1-2H3,(H2,16,17,20)/t10-,12?,13+,14-/m1/s1. The fourth-order valence-electron chi connectivity index (χ4n) is 3.27.